The Morgan fingerprint density at radius 3 is 2.67 bits per heavy atom. The number of fused-ring (bicyclic) bond motifs is 1. The van der Waals surface area contributed by atoms with Crippen LogP contribution in [-0.2, 0) is 16.1 Å². The number of carboxylic acid groups (broad SMARTS) is 1. The van der Waals surface area contributed by atoms with E-state index in [1.807, 2.05) is 6.92 Å². The van der Waals surface area contributed by atoms with Crippen molar-refractivity contribution in [1.29, 1.82) is 0 Å². The van der Waals surface area contributed by atoms with Crippen LogP contribution in [0.15, 0.2) is 17.1 Å². The van der Waals surface area contributed by atoms with Gasteiger partial charge in [-0.2, -0.15) is 0 Å². The maximum absolute atomic E-state index is 13.0. The molecule has 1 aliphatic heterocycles. The van der Waals surface area contributed by atoms with Crippen molar-refractivity contribution < 1.29 is 19.4 Å². The minimum atomic E-state index is -1.14. The highest BCUT2D eigenvalue weighted by Gasteiger charge is 2.28. The van der Waals surface area contributed by atoms with Gasteiger partial charge in [0.2, 0.25) is 5.91 Å². The Morgan fingerprint density at radius 2 is 2.04 bits per heavy atom. The molecule has 0 radical (unpaired) electrons. The predicted molar refractivity (Wildman–Crippen MR) is 98.0 cm³/mol. The van der Waals surface area contributed by atoms with Crippen LogP contribution in [0.1, 0.15) is 43.1 Å². The molecule has 1 aliphatic rings. The van der Waals surface area contributed by atoms with Crippen molar-refractivity contribution in [3.05, 3.63) is 28.3 Å². The second kappa shape index (κ2) is 7.91. The molecule has 0 spiro atoms. The molecule has 1 N–H and O–H groups in total. The van der Waals surface area contributed by atoms with Crippen molar-refractivity contribution in [3.8, 4) is 0 Å². The quantitative estimate of drug-likeness (QED) is 0.726. The fraction of sp³-hybridized carbons (Fsp3) is 0.556. The SMILES string of the molecule is CCOCCn1c(=O)n([C@H](C)C(=O)N2CCCC2)c2cc(C(=O)O)cnc21. The monoisotopic (exact) mass is 376 g/mol. The van der Waals surface area contributed by atoms with Crippen molar-refractivity contribution in [3.63, 3.8) is 0 Å². The number of ether oxygens (including phenoxy) is 1. The van der Waals surface area contributed by atoms with E-state index in [0.29, 0.717) is 37.5 Å². The van der Waals surface area contributed by atoms with Gasteiger partial charge in [0.25, 0.3) is 0 Å². The van der Waals surface area contributed by atoms with Gasteiger partial charge in [-0.3, -0.25) is 13.9 Å². The number of hydrogen-bond acceptors (Lipinski definition) is 5. The Morgan fingerprint density at radius 1 is 1.33 bits per heavy atom. The highest BCUT2D eigenvalue weighted by atomic mass is 16.5. The fourth-order valence-corrected chi connectivity index (χ4v) is 3.46. The van der Waals surface area contributed by atoms with E-state index in [1.54, 1.807) is 11.8 Å². The maximum Gasteiger partial charge on any atom is 0.337 e. The summed E-state index contributed by atoms with van der Waals surface area (Å²) in [6.07, 6.45) is 3.13. The lowest BCUT2D eigenvalue weighted by Crippen LogP contribution is -2.38. The summed E-state index contributed by atoms with van der Waals surface area (Å²) in [4.78, 5) is 43.1. The second-order valence-corrected chi connectivity index (χ2v) is 6.58. The number of carbonyl (C=O) groups is 2. The third kappa shape index (κ3) is 3.59. The van der Waals surface area contributed by atoms with Crippen molar-refractivity contribution in [2.75, 3.05) is 26.3 Å². The summed E-state index contributed by atoms with van der Waals surface area (Å²) in [5.41, 5.74) is 0.279. The van der Waals surface area contributed by atoms with Crippen LogP contribution < -0.4 is 5.69 Å². The molecule has 0 bridgehead atoms. The number of hydrogen-bond donors (Lipinski definition) is 1. The number of nitrogens with zero attached hydrogens (tertiary/aromatic N) is 4. The van der Waals surface area contributed by atoms with Gasteiger partial charge in [0.15, 0.2) is 5.65 Å². The first kappa shape index (κ1) is 19.1. The molecule has 3 rings (SSSR count). The molecule has 3 heterocycles. The molecule has 0 aliphatic carbocycles. The van der Waals surface area contributed by atoms with Gasteiger partial charge in [-0.1, -0.05) is 0 Å². The van der Waals surface area contributed by atoms with Gasteiger partial charge in [-0.25, -0.2) is 14.6 Å². The first-order chi connectivity index (χ1) is 13.0. The van der Waals surface area contributed by atoms with Gasteiger partial charge < -0.3 is 14.7 Å². The van der Waals surface area contributed by atoms with Crippen LogP contribution >= 0.6 is 0 Å². The molecular weight excluding hydrogens is 352 g/mol. The Hall–Kier alpha value is -2.68. The van der Waals surface area contributed by atoms with Crippen LogP contribution in [0, 0.1) is 0 Å². The van der Waals surface area contributed by atoms with Crippen molar-refractivity contribution >= 4 is 23.0 Å². The molecule has 1 saturated heterocycles. The van der Waals surface area contributed by atoms with E-state index in [2.05, 4.69) is 4.98 Å². The molecule has 1 fully saturated rings. The summed E-state index contributed by atoms with van der Waals surface area (Å²) in [5, 5.41) is 9.28. The van der Waals surface area contributed by atoms with Crippen LogP contribution in [0.3, 0.4) is 0 Å². The standard InChI is InChI=1S/C18H24N4O5/c1-3-27-9-8-21-15-14(10-13(11-19-15)17(24)25)22(18(21)26)12(2)16(23)20-6-4-5-7-20/h10-12H,3-9H2,1-2H3,(H,24,25)/t12-/m1/s1. The normalized spacial score (nSPS) is 15.4. The fourth-order valence-electron chi connectivity index (χ4n) is 3.46. The zero-order valence-electron chi connectivity index (χ0n) is 15.6. The van der Waals surface area contributed by atoms with E-state index in [4.69, 9.17) is 4.74 Å². The zero-order valence-corrected chi connectivity index (χ0v) is 15.6. The van der Waals surface area contributed by atoms with Gasteiger partial charge in [-0.05, 0) is 32.8 Å². The molecule has 1 atom stereocenters. The number of likely N-dealkylation sites (tertiary alicyclic amines) is 1. The minimum absolute atomic E-state index is 0.0287. The van der Waals surface area contributed by atoms with Crippen LogP contribution in [-0.4, -0.2) is 62.3 Å². The molecule has 9 heteroatoms. The number of aromatic carboxylic acids is 1. The minimum Gasteiger partial charge on any atom is -0.478 e. The number of aromatic nitrogens is 3. The topological polar surface area (TPSA) is 107 Å². The number of imidazole rings is 1. The lowest BCUT2D eigenvalue weighted by Gasteiger charge is -2.21. The summed E-state index contributed by atoms with van der Waals surface area (Å²) >= 11 is 0. The third-order valence-electron chi connectivity index (χ3n) is 4.87. The van der Waals surface area contributed by atoms with Crippen molar-refractivity contribution in [2.45, 2.75) is 39.3 Å². The molecule has 9 nitrogen and oxygen atoms in total. The molecule has 0 saturated carbocycles. The first-order valence-corrected chi connectivity index (χ1v) is 9.16. The lowest BCUT2D eigenvalue weighted by molar-refractivity contribution is -0.133. The predicted octanol–water partition coefficient (Wildman–Crippen LogP) is 1.12. The third-order valence-corrected chi connectivity index (χ3v) is 4.87. The highest BCUT2D eigenvalue weighted by molar-refractivity contribution is 5.91. The lowest BCUT2D eigenvalue weighted by atomic mass is 10.2. The van der Waals surface area contributed by atoms with Crippen LogP contribution in [0.5, 0.6) is 0 Å². The summed E-state index contributed by atoms with van der Waals surface area (Å²) in [6, 6.07) is 0.661. The number of rotatable bonds is 7. The van der Waals surface area contributed by atoms with E-state index in [9.17, 15) is 19.5 Å². The van der Waals surface area contributed by atoms with Crippen LogP contribution in [0.2, 0.25) is 0 Å². The largest absolute Gasteiger partial charge is 0.478 e. The summed E-state index contributed by atoms with van der Waals surface area (Å²) in [5.74, 6) is -1.27. The van der Waals surface area contributed by atoms with E-state index >= 15 is 0 Å². The second-order valence-electron chi connectivity index (χ2n) is 6.58. The Labute approximate surface area is 156 Å². The molecule has 1 amide bonds. The van der Waals surface area contributed by atoms with Crippen LogP contribution in [0.25, 0.3) is 11.2 Å². The Balaban J connectivity index is 2.09. The Kier molecular flexibility index (Phi) is 5.59. The molecule has 2 aromatic heterocycles. The Bertz CT molecular complexity index is 910. The summed E-state index contributed by atoms with van der Waals surface area (Å²) < 4.78 is 8.12. The average Bonchev–Trinajstić information content (AvgIpc) is 3.27. The molecular formula is C18H24N4O5. The number of carbonyl (C=O) groups excluding carboxylic acids is 1. The van der Waals surface area contributed by atoms with E-state index in [0.717, 1.165) is 12.8 Å². The zero-order chi connectivity index (χ0) is 19.6. The van der Waals surface area contributed by atoms with Crippen molar-refractivity contribution in [1.82, 2.24) is 19.0 Å². The van der Waals surface area contributed by atoms with Gasteiger partial charge in [0.05, 0.1) is 24.2 Å². The molecule has 146 valence electrons. The highest BCUT2D eigenvalue weighted by Crippen LogP contribution is 2.20. The van der Waals surface area contributed by atoms with Crippen molar-refractivity contribution in [2.24, 2.45) is 0 Å². The van der Waals surface area contributed by atoms with Gasteiger partial charge in [0, 0.05) is 25.9 Å². The number of carboxylic acids is 1. The average molecular weight is 376 g/mol. The number of amides is 1. The molecule has 0 aromatic carbocycles. The van der Waals surface area contributed by atoms with E-state index in [1.165, 1.54) is 21.4 Å². The van der Waals surface area contributed by atoms with E-state index < -0.39 is 12.0 Å². The molecule has 27 heavy (non-hydrogen) atoms. The smallest absolute Gasteiger partial charge is 0.337 e. The summed E-state index contributed by atoms with van der Waals surface area (Å²) in [6.45, 7) is 6.02. The molecule has 2 aromatic rings. The van der Waals surface area contributed by atoms with Gasteiger partial charge >= 0.3 is 11.7 Å². The van der Waals surface area contributed by atoms with Gasteiger partial charge in [0.1, 0.15) is 6.04 Å². The summed E-state index contributed by atoms with van der Waals surface area (Å²) in [7, 11) is 0. The number of pyridine rings is 1. The van der Waals surface area contributed by atoms with Crippen LogP contribution in [0.4, 0.5) is 0 Å². The molecule has 0 unspecified atom stereocenters. The van der Waals surface area contributed by atoms with E-state index in [-0.39, 0.29) is 23.7 Å². The maximum atomic E-state index is 13.0. The van der Waals surface area contributed by atoms with Gasteiger partial charge in [-0.15, -0.1) is 0 Å². The first-order valence-electron chi connectivity index (χ1n) is 9.16.